The average molecular weight is 280 g/mol. The molecule has 20 heavy (non-hydrogen) atoms. The first-order valence-corrected chi connectivity index (χ1v) is 6.72. The minimum atomic E-state index is -1.09. The lowest BCUT2D eigenvalue weighted by Crippen LogP contribution is -2.50. The maximum atomic E-state index is 12.2. The van der Waals surface area contributed by atoms with Gasteiger partial charge in [0.05, 0.1) is 12.2 Å². The van der Waals surface area contributed by atoms with Crippen LogP contribution in [-0.2, 0) is 16.6 Å². The number of carbonyl (C=O) groups is 2. The molecule has 0 bridgehead atoms. The summed E-state index contributed by atoms with van der Waals surface area (Å²) in [7, 11) is 1.70. The molecule has 3 N–H and O–H groups in total. The first kappa shape index (κ1) is 14.5. The van der Waals surface area contributed by atoms with Gasteiger partial charge in [0.2, 0.25) is 5.91 Å². The van der Waals surface area contributed by atoms with Crippen LogP contribution in [0.15, 0.2) is 12.4 Å². The molecule has 0 spiro atoms. The number of hydrogen-bond acceptors (Lipinski definition) is 4. The van der Waals surface area contributed by atoms with E-state index in [1.165, 1.54) is 10.9 Å². The van der Waals surface area contributed by atoms with E-state index in [4.69, 9.17) is 0 Å². The Morgan fingerprint density at radius 1 is 1.60 bits per heavy atom. The monoisotopic (exact) mass is 280 g/mol. The zero-order valence-electron chi connectivity index (χ0n) is 11.7. The lowest BCUT2D eigenvalue weighted by atomic mass is 9.93. The minimum absolute atomic E-state index is 0.271. The van der Waals surface area contributed by atoms with Gasteiger partial charge in [-0.2, -0.15) is 5.10 Å². The predicted molar refractivity (Wildman–Crippen MR) is 71.9 cm³/mol. The van der Waals surface area contributed by atoms with E-state index in [9.17, 15) is 14.7 Å². The quantitative estimate of drug-likeness (QED) is 0.724. The molecule has 1 saturated heterocycles. The first-order valence-electron chi connectivity index (χ1n) is 6.72. The fourth-order valence-corrected chi connectivity index (χ4v) is 2.43. The van der Waals surface area contributed by atoms with Gasteiger partial charge in [0.1, 0.15) is 0 Å². The summed E-state index contributed by atoms with van der Waals surface area (Å²) < 4.78 is 1.51. The van der Waals surface area contributed by atoms with E-state index in [2.05, 4.69) is 22.7 Å². The van der Waals surface area contributed by atoms with Gasteiger partial charge in [-0.25, -0.2) is 4.79 Å². The second-order valence-electron chi connectivity index (χ2n) is 5.36. The van der Waals surface area contributed by atoms with Crippen molar-refractivity contribution in [2.75, 3.05) is 6.54 Å². The standard InChI is InChI=1S/C13H20N4O3/c1-8-3-4-14-10(5-8)12(18)16-11(13(19)20)9-6-15-17(2)7-9/h6-8,10-11,14H,3-5H2,1-2H3,(H,16,18)(H,19,20). The number of carbonyl (C=O) groups excluding carboxylic acids is 1. The number of nitrogens with zero attached hydrogens (tertiary/aromatic N) is 2. The fraction of sp³-hybridized carbons (Fsp3) is 0.615. The summed E-state index contributed by atoms with van der Waals surface area (Å²) >= 11 is 0. The third-order valence-electron chi connectivity index (χ3n) is 3.57. The molecule has 0 aromatic carbocycles. The molecule has 3 unspecified atom stereocenters. The Labute approximate surface area is 117 Å². The molecule has 0 saturated carbocycles. The van der Waals surface area contributed by atoms with Gasteiger partial charge >= 0.3 is 5.97 Å². The highest BCUT2D eigenvalue weighted by Crippen LogP contribution is 2.17. The number of nitrogens with one attached hydrogen (secondary N) is 2. The van der Waals surface area contributed by atoms with Crippen molar-refractivity contribution in [3.8, 4) is 0 Å². The van der Waals surface area contributed by atoms with Gasteiger partial charge in [-0.05, 0) is 25.3 Å². The second-order valence-corrected chi connectivity index (χ2v) is 5.36. The Morgan fingerprint density at radius 3 is 2.90 bits per heavy atom. The van der Waals surface area contributed by atoms with Gasteiger partial charge in [-0.1, -0.05) is 6.92 Å². The fourth-order valence-electron chi connectivity index (χ4n) is 2.43. The van der Waals surface area contributed by atoms with Crippen LogP contribution in [0.25, 0.3) is 0 Å². The van der Waals surface area contributed by atoms with E-state index in [1.54, 1.807) is 13.2 Å². The number of rotatable bonds is 4. The molecular weight excluding hydrogens is 260 g/mol. The van der Waals surface area contributed by atoms with Gasteiger partial charge in [0.25, 0.3) is 0 Å². The van der Waals surface area contributed by atoms with Crippen LogP contribution in [0.5, 0.6) is 0 Å². The van der Waals surface area contributed by atoms with Crippen LogP contribution in [0.3, 0.4) is 0 Å². The van der Waals surface area contributed by atoms with Crippen molar-refractivity contribution in [1.82, 2.24) is 20.4 Å². The molecule has 110 valence electrons. The zero-order chi connectivity index (χ0) is 14.7. The van der Waals surface area contributed by atoms with Crippen LogP contribution >= 0.6 is 0 Å². The third kappa shape index (κ3) is 3.36. The van der Waals surface area contributed by atoms with Crippen molar-refractivity contribution in [2.45, 2.75) is 31.8 Å². The lowest BCUT2D eigenvalue weighted by Gasteiger charge is -2.28. The maximum Gasteiger partial charge on any atom is 0.331 e. The lowest BCUT2D eigenvalue weighted by molar-refractivity contribution is -0.142. The number of carboxylic acid groups (broad SMARTS) is 1. The van der Waals surface area contributed by atoms with Gasteiger partial charge in [-0.15, -0.1) is 0 Å². The number of hydrogen-bond donors (Lipinski definition) is 3. The van der Waals surface area contributed by atoms with Crippen LogP contribution in [0, 0.1) is 5.92 Å². The van der Waals surface area contributed by atoms with E-state index in [-0.39, 0.29) is 11.9 Å². The Hall–Kier alpha value is -1.89. The van der Waals surface area contributed by atoms with Gasteiger partial charge < -0.3 is 15.7 Å². The Bertz CT molecular complexity index is 500. The van der Waals surface area contributed by atoms with E-state index in [0.717, 1.165) is 19.4 Å². The van der Waals surface area contributed by atoms with Gasteiger partial charge in [-0.3, -0.25) is 9.48 Å². The van der Waals surface area contributed by atoms with E-state index < -0.39 is 12.0 Å². The van der Waals surface area contributed by atoms with Crippen molar-refractivity contribution in [3.63, 3.8) is 0 Å². The number of aliphatic carboxylic acids is 1. The van der Waals surface area contributed by atoms with Crippen molar-refractivity contribution in [2.24, 2.45) is 13.0 Å². The Kier molecular flexibility index (Phi) is 4.39. The highest BCUT2D eigenvalue weighted by atomic mass is 16.4. The largest absolute Gasteiger partial charge is 0.479 e. The molecule has 1 aliphatic heterocycles. The molecule has 7 nitrogen and oxygen atoms in total. The van der Waals surface area contributed by atoms with Crippen molar-refractivity contribution >= 4 is 11.9 Å². The highest BCUT2D eigenvalue weighted by molar-refractivity contribution is 5.87. The van der Waals surface area contributed by atoms with Crippen LogP contribution in [-0.4, -0.2) is 39.4 Å². The molecule has 2 heterocycles. The molecule has 0 radical (unpaired) electrons. The van der Waals surface area contributed by atoms with Gasteiger partial charge in [0, 0.05) is 18.8 Å². The molecule has 1 amide bonds. The molecule has 1 aromatic rings. The molecule has 2 rings (SSSR count). The number of amides is 1. The number of carboxylic acids is 1. The normalized spacial score (nSPS) is 24.1. The zero-order valence-corrected chi connectivity index (χ0v) is 11.7. The molecular formula is C13H20N4O3. The summed E-state index contributed by atoms with van der Waals surface area (Å²) in [6.07, 6.45) is 4.81. The van der Waals surface area contributed by atoms with Crippen molar-refractivity contribution < 1.29 is 14.7 Å². The molecule has 7 heteroatoms. The van der Waals surface area contributed by atoms with Gasteiger partial charge in [0.15, 0.2) is 6.04 Å². The molecule has 0 aliphatic carbocycles. The van der Waals surface area contributed by atoms with Crippen LogP contribution < -0.4 is 10.6 Å². The third-order valence-corrected chi connectivity index (χ3v) is 3.57. The molecule has 1 aromatic heterocycles. The molecule has 1 aliphatic rings. The Morgan fingerprint density at radius 2 is 2.35 bits per heavy atom. The summed E-state index contributed by atoms with van der Waals surface area (Å²) in [5, 5.41) is 18.9. The average Bonchev–Trinajstić information content (AvgIpc) is 2.81. The number of piperidine rings is 1. The van der Waals surface area contributed by atoms with E-state index in [1.807, 2.05) is 0 Å². The summed E-state index contributed by atoms with van der Waals surface area (Å²) in [4.78, 5) is 23.5. The summed E-state index contributed by atoms with van der Waals surface area (Å²) in [6, 6.07) is -1.38. The van der Waals surface area contributed by atoms with Crippen molar-refractivity contribution in [3.05, 3.63) is 18.0 Å². The summed E-state index contributed by atoms with van der Waals surface area (Å²) in [5.74, 6) is -0.892. The van der Waals surface area contributed by atoms with Crippen molar-refractivity contribution in [1.29, 1.82) is 0 Å². The minimum Gasteiger partial charge on any atom is -0.479 e. The predicted octanol–water partition coefficient (Wildman–Crippen LogP) is 0.0501. The summed E-state index contributed by atoms with van der Waals surface area (Å²) in [6.45, 7) is 2.88. The Balaban J connectivity index is 2.04. The SMILES string of the molecule is CC1CCNC(C(=O)NC(C(=O)O)c2cnn(C)c2)C1. The smallest absolute Gasteiger partial charge is 0.331 e. The van der Waals surface area contributed by atoms with E-state index >= 15 is 0 Å². The first-order chi connectivity index (χ1) is 9.47. The van der Waals surface area contributed by atoms with Crippen LogP contribution in [0.4, 0.5) is 0 Å². The summed E-state index contributed by atoms with van der Waals surface area (Å²) in [5.41, 5.74) is 0.470. The van der Waals surface area contributed by atoms with Crippen LogP contribution in [0.1, 0.15) is 31.4 Å². The number of aryl methyl sites for hydroxylation is 1. The topological polar surface area (TPSA) is 96.2 Å². The van der Waals surface area contributed by atoms with E-state index in [0.29, 0.717) is 11.5 Å². The second kappa shape index (κ2) is 6.04. The highest BCUT2D eigenvalue weighted by Gasteiger charge is 2.29. The molecule has 1 fully saturated rings. The molecule has 3 atom stereocenters. The maximum absolute atomic E-state index is 12.2. The van der Waals surface area contributed by atoms with Crippen LogP contribution in [0.2, 0.25) is 0 Å². The number of aromatic nitrogens is 2.